The maximum Gasteiger partial charge on any atom is 0.0973 e. The number of nitrogens with zero attached hydrogens (tertiary/aromatic N) is 1. The molecule has 0 N–H and O–H groups in total. The van der Waals surface area contributed by atoms with Crippen LogP contribution in [0.4, 0.5) is 0 Å². The van der Waals surface area contributed by atoms with E-state index in [0.717, 1.165) is 21.5 Å². The van der Waals surface area contributed by atoms with Crippen LogP contribution in [0.2, 0.25) is 0 Å². The molecule has 17 heavy (non-hydrogen) atoms. The van der Waals surface area contributed by atoms with E-state index in [1.165, 1.54) is 17.3 Å². The molecular formula is C13H12NO2S-. The first-order valence-electron chi connectivity index (χ1n) is 5.27. The number of fused-ring (bicyclic) bond motifs is 1. The van der Waals surface area contributed by atoms with Gasteiger partial charge in [-0.2, -0.15) is 0 Å². The van der Waals surface area contributed by atoms with Crippen LogP contribution in [0.1, 0.15) is 11.1 Å². The van der Waals surface area contributed by atoms with Crippen LogP contribution in [-0.4, -0.2) is 16.7 Å². The number of rotatable bonds is 3. The summed E-state index contributed by atoms with van der Waals surface area (Å²) in [5, 5.41) is 12.2. The number of carbonyl (C=O) groups is 1. The second-order valence-electron chi connectivity index (χ2n) is 3.96. The van der Waals surface area contributed by atoms with Gasteiger partial charge >= 0.3 is 0 Å². The van der Waals surface area contributed by atoms with Crippen LogP contribution >= 0.6 is 11.8 Å². The minimum Gasteiger partial charge on any atom is -0.549 e. The summed E-state index contributed by atoms with van der Waals surface area (Å²) in [4.78, 5) is 14.8. The van der Waals surface area contributed by atoms with Crippen molar-refractivity contribution in [2.24, 2.45) is 0 Å². The van der Waals surface area contributed by atoms with Gasteiger partial charge in [0.15, 0.2) is 0 Å². The molecule has 0 spiro atoms. The lowest BCUT2D eigenvalue weighted by molar-refractivity contribution is -0.301. The quantitative estimate of drug-likeness (QED) is 0.773. The molecule has 0 aliphatic carbocycles. The van der Waals surface area contributed by atoms with Crippen molar-refractivity contribution in [2.75, 3.05) is 5.75 Å². The minimum atomic E-state index is -1.07. The molecule has 0 radical (unpaired) electrons. The monoisotopic (exact) mass is 246 g/mol. The van der Waals surface area contributed by atoms with Crippen LogP contribution in [0.3, 0.4) is 0 Å². The number of carboxylic acids is 1. The predicted molar refractivity (Wildman–Crippen MR) is 66.9 cm³/mol. The first kappa shape index (κ1) is 11.9. The van der Waals surface area contributed by atoms with Crippen molar-refractivity contribution in [1.29, 1.82) is 0 Å². The van der Waals surface area contributed by atoms with Crippen molar-refractivity contribution in [3.8, 4) is 0 Å². The van der Waals surface area contributed by atoms with Gasteiger partial charge in [0.25, 0.3) is 0 Å². The zero-order chi connectivity index (χ0) is 12.4. The van der Waals surface area contributed by atoms with Crippen molar-refractivity contribution < 1.29 is 9.90 Å². The van der Waals surface area contributed by atoms with E-state index in [0.29, 0.717) is 0 Å². The number of aryl methyl sites for hydroxylation is 2. The van der Waals surface area contributed by atoms with Crippen LogP contribution in [0.25, 0.3) is 10.9 Å². The first-order chi connectivity index (χ1) is 8.06. The Kier molecular flexibility index (Phi) is 3.33. The van der Waals surface area contributed by atoms with Gasteiger partial charge in [0.1, 0.15) is 0 Å². The number of hydrogen-bond acceptors (Lipinski definition) is 4. The third-order valence-electron chi connectivity index (χ3n) is 2.49. The highest BCUT2D eigenvalue weighted by molar-refractivity contribution is 7.99. The molecule has 0 atom stereocenters. The zero-order valence-electron chi connectivity index (χ0n) is 9.69. The zero-order valence-corrected chi connectivity index (χ0v) is 10.5. The lowest BCUT2D eigenvalue weighted by atomic mass is 10.1. The summed E-state index contributed by atoms with van der Waals surface area (Å²) in [7, 11) is 0. The van der Waals surface area contributed by atoms with Gasteiger partial charge in [-0.3, -0.25) is 0 Å². The number of carbonyl (C=O) groups excluding carboxylic acids is 1. The van der Waals surface area contributed by atoms with Crippen LogP contribution < -0.4 is 5.11 Å². The molecule has 0 aliphatic rings. The van der Waals surface area contributed by atoms with Crippen LogP contribution in [-0.2, 0) is 4.79 Å². The smallest absolute Gasteiger partial charge is 0.0973 e. The highest BCUT2D eigenvalue weighted by Gasteiger charge is 2.03. The molecule has 0 unspecified atom stereocenters. The largest absolute Gasteiger partial charge is 0.549 e. The molecule has 1 heterocycles. The molecule has 4 heteroatoms. The summed E-state index contributed by atoms with van der Waals surface area (Å²) in [5.41, 5.74) is 3.20. The lowest BCUT2D eigenvalue weighted by Gasteiger charge is -2.07. The van der Waals surface area contributed by atoms with Crippen molar-refractivity contribution in [3.63, 3.8) is 0 Å². The minimum absolute atomic E-state index is 0.0657. The predicted octanol–water partition coefficient (Wildman–Crippen LogP) is 1.69. The summed E-state index contributed by atoms with van der Waals surface area (Å²) < 4.78 is 0. The molecule has 0 saturated carbocycles. The molecule has 2 rings (SSSR count). The van der Waals surface area contributed by atoms with E-state index < -0.39 is 5.97 Å². The summed E-state index contributed by atoms with van der Waals surface area (Å²) >= 11 is 1.19. The molecule has 0 aliphatic heterocycles. The summed E-state index contributed by atoms with van der Waals surface area (Å²) in [6.45, 7) is 4.05. The fourth-order valence-corrected chi connectivity index (χ4v) is 2.37. The highest BCUT2D eigenvalue weighted by atomic mass is 32.2. The fraction of sp³-hybridized carbons (Fsp3) is 0.231. The van der Waals surface area contributed by atoms with E-state index >= 15 is 0 Å². The van der Waals surface area contributed by atoms with Crippen LogP contribution in [0.5, 0.6) is 0 Å². The molecule has 1 aromatic carbocycles. The van der Waals surface area contributed by atoms with Gasteiger partial charge in [0, 0.05) is 11.1 Å². The van der Waals surface area contributed by atoms with E-state index in [2.05, 4.69) is 11.1 Å². The van der Waals surface area contributed by atoms with Gasteiger partial charge in [-0.05, 0) is 37.6 Å². The highest BCUT2D eigenvalue weighted by Crippen LogP contribution is 2.24. The molecule has 0 amide bonds. The van der Waals surface area contributed by atoms with Crippen molar-refractivity contribution in [3.05, 3.63) is 35.4 Å². The van der Waals surface area contributed by atoms with E-state index in [9.17, 15) is 9.90 Å². The fourth-order valence-electron chi connectivity index (χ4n) is 1.68. The van der Waals surface area contributed by atoms with Gasteiger partial charge in [-0.1, -0.05) is 11.6 Å². The molecule has 2 aromatic rings. The third-order valence-corrected chi connectivity index (χ3v) is 3.37. The summed E-state index contributed by atoms with van der Waals surface area (Å²) in [6.07, 6.45) is 0. The SMILES string of the molecule is Cc1ccc2nc(SCC(=O)[O-])cc(C)c2c1. The Morgan fingerprint density at radius 1 is 1.35 bits per heavy atom. The first-order valence-corrected chi connectivity index (χ1v) is 6.25. The Labute approximate surface area is 104 Å². The van der Waals surface area contributed by atoms with E-state index in [4.69, 9.17) is 0 Å². The number of aliphatic carboxylic acids is 1. The second kappa shape index (κ2) is 4.75. The molecule has 0 fully saturated rings. The van der Waals surface area contributed by atoms with Crippen molar-refractivity contribution >= 4 is 28.6 Å². The van der Waals surface area contributed by atoms with Gasteiger partial charge in [-0.25, -0.2) is 4.98 Å². The molecular weight excluding hydrogens is 234 g/mol. The molecule has 1 aromatic heterocycles. The topological polar surface area (TPSA) is 53.0 Å². The lowest BCUT2D eigenvalue weighted by Crippen LogP contribution is -2.24. The molecule has 88 valence electrons. The van der Waals surface area contributed by atoms with E-state index in [-0.39, 0.29) is 5.75 Å². The van der Waals surface area contributed by atoms with Gasteiger partial charge in [-0.15, -0.1) is 11.8 Å². The molecule has 3 nitrogen and oxygen atoms in total. The Morgan fingerprint density at radius 2 is 2.12 bits per heavy atom. The third kappa shape index (κ3) is 2.77. The molecule has 0 bridgehead atoms. The number of pyridine rings is 1. The second-order valence-corrected chi connectivity index (χ2v) is 4.95. The van der Waals surface area contributed by atoms with Crippen molar-refractivity contribution in [1.82, 2.24) is 4.98 Å². The normalized spacial score (nSPS) is 10.7. The Bertz CT molecular complexity index is 581. The number of aromatic nitrogens is 1. The average Bonchev–Trinajstić information content (AvgIpc) is 2.27. The van der Waals surface area contributed by atoms with Crippen LogP contribution in [0.15, 0.2) is 29.3 Å². The van der Waals surface area contributed by atoms with Gasteiger partial charge in [0.05, 0.1) is 16.5 Å². The molecule has 0 saturated heterocycles. The van der Waals surface area contributed by atoms with E-state index in [1.54, 1.807) is 0 Å². The van der Waals surface area contributed by atoms with Crippen LogP contribution in [0, 0.1) is 13.8 Å². The maximum absolute atomic E-state index is 10.4. The van der Waals surface area contributed by atoms with Crippen molar-refractivity contribution in [2.45, 2.75) is 18.9 Å². The Balaban J connectivity index is 2.41. The Morgan fingerprint density at radius 3 is 2.82 bits per heavy atom. The summed E-state index contributed by atoms with van der Waals surface area (Å²) in [5.74, 6) is -1.14. The number of hydrogen-bond donors (Lipinski definition) is 0. The average molecular weight is 246 g/mol. The Hall–Kier alpha value is -1.55. The summed E-state index contributed by atoms with van der Waals surface area (Å²) in [6, 6.07) is 7.96. The standard InChI is InChI=1S/C13H13NO2S/c1-8-3-4-11-10(5-8)9(2)6-12(14-11)17-7-13(15)16/h3-6H,7H2,1-2H3,(H,15,16)/p-1. The maximum atomic E-state index is 10.4. The van der Waals surface area contributed by atoms with E-state index in [1.807, 2.05) is 32.0 Å². The van der Waals surface area contributed by atoms with Gasteiger partial charge in [0.2, 0.25) is 0 Å². The number of thioether (sulfide) groups is 1. The van der Waals surface area contributed by atoms with Gasteiger partial charge < -0.3 is 9.90 Å². The number of carboxylic acid groups (broad SMARTS) is 1. The number of benzene rings is 1.